The van der Waals surface area contributed by atoms with E-state index < -0.39 is 0 Å². The SMILES string of the molecule is O=c1[nH]c(C2CC2)nc2ccccc12. The van der Waals surface area contributed by atoms with Crippen molar-refractivity contribution in [3.8, 4) is 0 Å². The molecule has 14 heavy (non-hydrogen) atoms. The molecule has 3 rings (SSSR count). The molecule has 0 radical (unpaired) electrons. The minimum Gasteiger partial charge on any atom is -0.310 e. The number of hydrogen-bond donors (Lipinski definition) is 1. The van der Waals surface area contributed by atoms with Gasteiger partial charge in [0.15, 0.2) is 0 Å². The molecule has 2 aromatic rings. The van der Waals surface area contributed by atoms with E-state index in [4.69, 9.17) is 0 Å². The topological polar surface area (TPSA) is 45.8 Å². The fourth-order valence-corrected chi connectivity index (χ4v) is 1.65. The fourth-order valence-electron chi connectivity index (χ4n) is 1.65. The van der Waals surface area contributed by atoms with E-state index in [1.807, 2.05) is 18.2 Å². The second-order valence-electron chi connectivity index (χ2n) is 3.74. The minimum atomic E-state index is -0.0162. The minimum absolute atomic E-state index is 0.0162. The number of aromatic amines is 1. The van der Waals surface area contributed by atoms with E-state index >= 15 is 0 Å². The van der Waals surface area contributed by atoms with Crippen LogP contribution in [0.3, 0.4) is 0 Å². The van der Waals surface area contributed by atoms with Gasteiger partial charge in [0.2, 0.25) is 0 Å². The number of nitrogens with zero attached hydrogens (tertiary/aromatic N) is 1. The number of rotatable bonds is 1. The van der Waals surface area contributed by atoms with Gasteiger partial charge in [-0.1, -0.05) is 12.1 Å². The third-order valence-electron chi connectivity index (χ3n) is 2.60. The maximum atomic E-state index is 11.6. The zero-order chi connectivity index (χ0) is 9.54. The molecule has 0 atom stereocenters. The highest BCUT2D eigenvalue weighted by Crippen LogP contribution is 2.37. The Balaban J connectivity index is 2.33. The molecule has 1 fully saturated rings. The average Bonchev–Trinajstić information content (AvgIpc) is 3.01. The highest BCUT2D eigenvalue weighted by molar-refractivity contribution is 5.77. The lowest BCUT2D eigenvalue weighted by atomic mass is 10.2. The van der Waals surface area contributed by atoms with E-state index in [0.717, 1.165) is 24.2 Å². The molecule has 0 amide bonds. The van der Waals surface area contributed by atoms with Crippen molar-refractivity contribution in [1.29, 1.82) is 0 Å². The van der Waals surface area contributed by atoms with E-state index in [2.05, 4.69) is 9.97 Å². The lowest BCUT2D eigenvalue weighted by Crippen LogP contribution is -2.10. The summed E-state index contributed by atoms with van der Waals surface area (Å²) in [5.74, 6) is 1.35. The molecule has 1 saturated carbocycles. The van der Waals surface area contributed by atoms with Gasteiger partial charge in [-0.2, -0.15) is 0 Å². The molecule has 3 heteroatoms. The predicted octanol–water partition coefficient (Wildman–Crippen LogP) is 1.80. The van der Waals surface area contributed by atoms with Gasteiger partial charge in [-0.3, -0.25) is 4.79 Å². The summed E-state index contributed by atoms with van der Waals surface area (Å²) in [4.78, 5) is 18.9. The molecular formula is C11H10N2O. The fraction of sp³-hybridized carbons (Fsp3) is 0.273. The highest BCUT2D eigenvalue weighted by atomic mass is 16.1. The second-order valence-corrected chi connectivity index (χ2v) is 3.74. The number of para-hydroxylation sites is 1. The summed E-state index contributed by atoms with van der Waals surface area (Å²) in [6, 6.07) is 7.45. The van der Waals surface area contributed by atoms with E-state index in [1.165, 1.54) is 0 Å². The molecule has 70 valence electrons. The zero-order valence-electron chi connectivity index (χ0n) is 7.66. The third kappa shape index (κ3) is 1.13. The van der Waals surface area contributed by atoms with Crippen LogP contribution >= 0.6 is 0 Å². The van der Waals surface area contributed by atoms with Crippen LogP contribution in [-0.4, -0.2) is 9.97 Å². The molecule has 1 heterocycles. The molecule has 1 aliphatic carbocycles. The van der Waals surface area contributed by atoms with E-state index in [-0.39, 0.29) is 5.56 Å². The Bertz CT molecular complexity index is 540. The predicted molar refractivity (Wildman–Crippen MR) is 54.3 cm³/mol. The molecule has 0 bridgehead atoms. The van der Waals surface area contributed by atoms with Gasteiger partial charge in [-0.25, -0.2) is 4.98 Å². The quantitative estimate of drug-likeness (QED) is 0.738. The normalized spacial score (nSPS) is 16.0. The summed E-state index contributed by atoms with van der Waals surface area (Å²) in [5.41, 5.74) is 0.788. The van der Waals surface area contributed by atoms with Crippen molar-refractivity contribution in [2.24, 2.45) is 0 Å². The summed E-state index contributed by atoms with van der Waals surface area (Å²) >= 11 is 0. The van der Waals surface area contributed by atoms with Crippen LogP contribution < -0.4 is 5.56 Å². The number of aromatic nitrogens is 2. The van der Waals surface area contributed by atoms with Crippen LogP contribution in [-0.2, 0) is 0 Å². The zero-order valence-corrected chi connectivity index (χ0v) is 7.66. The van der Waals surface area contributed by atoms with Gasteiger partial charge in [0.1, 0.15) is 5.82 Å². The number of nitrogens with one attached hydrogen (secondary N) is 1. The van der Waals surface area contributed by atoms with Crippen molar-refractivity contribution in [2.75, 3.05) is 0 Å². The number of fused-ring (bicyclic) bond motifs is 1. The standard InChI is InChI=1S/C11H10N2O/c14-11-8-3-1-2-4-9(8)12-10(13-11)7-5-6-7/h1-4,7H,5-6H2,(H,12,13,14). The van der Waals surface area contributed by atoms with Crippen LogP contribution in [0.4, 0.5) is 0 Å². The maximum absolute atomic E-state index is 11.6. The van der Waals surface area contributed by atoms with E-state index in [9.17, 15) is 4.79 Å². The first-order valence-electron chi connectivity index (χ1n) is 4.83. The van der Waals surface area contributed by atoms with Gasteiger partial charge in [0.25, 0.3) is 5.56 Å². The first kappa shape index (κ1) is 7.74. The summed E-state index contributed by atoms with van der Waals surface area (Å²) in [7, 11) is 0. The average molecular weight is 186 g/mol. The Morgan fingerprint density at radius 1 is 1.29 bits per heavy atom. The van der Waals surface area contributed by atoms with E-state index in [0.29, 0.717) is 11.3 Å². The molecule has 0 aliphatic heterocycles. The lowest BCUT2D eigenvalue weighted by molar-refractivity contribution is 0.931. The summed E-state index contributed by atoms with van der Waals surface area (Å²) in [6.07, 6.45) is 2.31. The van der Waals surface area contributed by atoms with Crippen LogP contribution in [0.2, 0.25) is 0 Å². The maximum Gasteiger partial charge on any atom is 0.258 e. The second kappa shape index (κ2) is 2.67. The van der Waals surface area contributed by atoms with Gasteiger partial charge >= 0.3 is 0 Å². The van der Waals surface area contributed by atoms with Crippen molar-refractivity contribution in [1.82, 2.24) is 9.97 Å². The van der Waals surface area contributed by atoms with Crippen LogP contribution in [0.5, 0.6) is 0 Å². The first-order chi connectivity index (χ1) is 6.84. The molecule has 1 aliphatic rings. The van der Waals surface area contributed by atoms with Gasteiger partial charge in [0, 0.05) is 5.92 Å². The number of hydrogen-bond acceptors (Lipinski definition) is 2. The molecular weight excluding hydrogens is 176 g/mol. The first-order valence-corrected chi connectivity index (χ1v) is 4.83. The van der Waals surface area contributed by atoms with Gasteiger partial charge in [-0.15, -0.1) is 0 Å². The van der Waals surface area contributed by atoms with Crippen LogP contribution in [0.15, 0.2) is 29.1 Å². The van der Waals surface area contributed by atoms with Crippen molar-refractivity contribution in [2.45, 2.75) is 18.8 Å². The largest absolute Gasteiger partial charge is 0.310 e. The van der Waals surface area contributed by atoms with Gasteiger partial charge in [0.05, 0.1) is 10.9 Å². The smallest absolute Gasteiger partial charge is 0.258 e. The Morgan fingerprint density at radius 3 is 2.86 bits per heavy atom. The Kier molecular flexibility index (Phi) is 1.48. The van der Waals surface area contributed by atoms with E-state index in [1.54, 1.807) is 6.07 Å². The molecule has 1 aromatic carbocycles. The van der Waals surface area contributed by atoms with Crippen LogP contribution in [0.1, 0.15) is 24.6 Å². The number of H-pyrrole nitrogens is 1. The summed E-state index contributed by atoms with van der Waals surface area (Å²) in [5, 5.41) is 0.678. The molecule has 0 saturated heterocycles. The summed E-state index contributed by atoms with van der Waals surface area (Å²) in [6.45, 7) is 0. The van der Waals surface area contributed by atoms with Gasteiger partial charge in [-0.05, 0) is 25.0 Å². The third-order valence-corrected chi connectivity index (χ3v) is 2.60. The Hall–Kier alpha value is -1.64. The lowest BCUT2D eigenvalue weighted by Gasteiger charge is -1.99. The van der Waals surface area contributed by atoms with Crippen molar-refractivity contribution < 1.29 is 0 Å². The van der Waals surface area contributed by atoms with Crippen molar-refractivity contribution in [3.63, 3.8) is 0 Å². The van der Waals surface area contributed by atoms with Crippen molar-refractivity contribution in [3.05, 3.63) is 40.4 Å². The molecule has 0 unspecified atom stereocenters. The highest BCUT2D eigenvalue weighted by Gasteiger charge is 2.26. The van der Waals surface area contributed by atoms with Crippen molar-refractivity contribution >= 4 is 10.9 Å². The Morgan fingerprint density at radius 2 is 2.07 bits per heavy atom. The summed E-state index contributed by atoms with van der Waals surface area (Å²) < 4.78 is 0. The van der Waals surface area contributed by atoms with Gasteiger partial charge < -0.3 is 4.98 Å². The number of benzene rings is 1. The molecule has 3 nitrogen and oxygen atoms in total. The monoisotopic (exact) mass is 186 g/mol. The molecule has 1 N–H and O–H groups in total. The Labute approximate surface area is 80.8 Å². The van der Waals surface area contributed by atoms with Crippen LogP contribution in [0.25, 0.3) is 10.9 Å². The molecule has 0 spiro atoms. The van der Waals surface area contributed by atoms with Crippen LogP contribution in [0, 0.1) is 0 Å². The molecule has 1 aromatic heterocycles.